The van der Waals surface area contributed by atoms with Crippen LogP contribution < -0.4 is 10.2 Å². The van der Waals surface area contributed by atoms with Crippen molar-refractivity contribution in [1.29, 1.82) is 0 Å². The summed E-state index contributed by atoms with van der Waals surface area (Å²) in [7, 11) is 0. The molecule has 1 aromatic rings. The number of nitrogens with zero attached hydrogens (tertiary/aromatic N) is 1. The molecule has 4 aliphatic carbocycles. The molecule has 7 heteroatoms. The maximum Gasteiger partial charge on any atom is 0.277 e. The van der Waals surface area contributed by atoms with Gasteiger partial charge in [0.25, 0.3) is 5.91 Å². The molecule has 4 aliphatic rings. The number of ether oxygens (including phenoxy) is 1. The summed E-state index contributed by atoms with van der Waals surface area (Å²) in [5, 5.41) is 5.42. The highest BCUT2D eigenvalue weighted by atomic mass is 35.5. The largest absolute Gasteiger partial charge is 0.482 e. The normalized spacial score (nSPS) is 31.9. The Morgan fingerprint density at radius 3 is 2.22 bits per heavy atom. The van der Waals surface area contributed by atoms with Crippen LogP contribution in [0.1, 0.15) is 45.4 Å². The second kappa shape index (κ2) is 7.46. The zero-order valence-electron chi connectivity index (χ0n) is 15.2. The molecule has 4 nitrogen and oxygen atoms in total. The first kappa shape index (κ1) is 19.4. The second-order valence-electron chi connectivity index (χ2n) is 8.42. The maximum atomic E-state index is 12.2. The SMILES string of the molecule is C/C(=N\NC(=O)COc1cc(Cl)c(Cl)cc1Cl)C12CC3CC(CC(C3)C1)C2. The van der Waals surface area contributed by atoms with E-state index in [1.807, 2.05) is 0 Å². The highest BCUT2D eigenvalue weighted by Gasteiger charge is 2.52. The van der Waals surface area contributed by atoms with Crippen LogP contribution in [0, 0.1) is 23.2 Å². The third-order valence-electron chi connectivity index (χ3n) is 6.49. The quantitative estimate of drug-likeness (QED) is 0.369. The summed E-state index contributed by atoms with van der Waals surface area (Å²) in [5.74, 6) is 2.54. The third kappa shape index (κ3) is 3.94. The van der Waals surface area contributed by atoms with E-state index in [9.17, 15) is 4.79 Å². The van der Waals surface area contributed by atoms with Gasteiger partial charge in [-0.2, -0.15) is 5.10 Å². The number of nitrogens with one attached hydrogen (secondary N) is 1. The van der Waals surface area contributed by atoms with Gasteiger partial charge in [-0.15, -0.1) is 0 Å². The van der Waals surface area contributed by atoms with Gasteiger partial charge < -0.3 is 4.74 Å². The molecule has 0 atom stereocenters. The molecule has 1 amide bonds. The predicted octanol–water partition coefficient (Wildman–Crippen LogP) is 5.73. The standard InChI is InChI=1S/C20H23Cl3N2O2/c1-11(20-7-12-2-13(8-20)4-14(3-12)9-20)24-25-19(26)10-27-18-6-16(22)15(21)5-17(18)23/h5-6,12-14H,2-4,7-10H2,1H3,(H,25,26)/b24-11+. The van der Waals surface area contributed by atoms with Gasteiger partial charge in [0.15, 0.2) is 6.61 Å². The lowest BCUT2D eigenvalue weighted by Crippen LogP contribution is -2.49. The number of halogens is 3. The van der Waals surface area contributed by atoms with E-state index in [4.69, 9.17) is 39.5 Å². The minimum absolute atomic E-state index is 0.185. The van der Waals surface area contributed by atoms with Gasteiger partial charge >= 0.3 is 0 Å². The molecule has 0 radical (unpaired) electrons. The minimum Gasteiger partial charge on any atom is -0.482 e. The fraction of sp³-hybridized carbons (Fsp3) is 0.600. The molecule has 1 aromatic carbocycles. The van der Waals surface area contributed by atoms with Crippen LogP contribution in [-0.4, -0.2) is 18.2 Å². The summed E-state index contributed by atoms with van der Waals surface area (Å²) in [4.78, 5) is 12.2. The Labute approximate surface area is 174 Å². The van der Waals surface area contributed by atoms with Crippen LogP contribution >= 0.6 is 34.8 Å². The molecular formula is C20H23Cl3N2O2. The zero-order chi connectivity index (χ0) is 19.2. The molecule has 0 heterocycles. The van der Waals surface area contributed by atoms with Gasteiger partial charge in [0, 0.05) is 17.2 Å². The molecule has 0 spiro atoms. The van der Waals surface area contributed by atoms with E-state index in [0.717, 1.165) is 23.5 Å². The van der Waals surface area contributed by atoms with E-state index < -0.39 is 0 Å². The number of carbonyl (C=O) groups excluding carboxylic acids is 1. The molecule has 5 rings (SSSR count). The van der Waals surface area contributed by atoms with E-state index in [-0.39, 0.29) is 17.9 Å². The second-order valence-corrected chi connectivity index (χ2v) is 9.64. The monoisotopic (exact) mass is 428 g/mol. The minimum atomic E-state index is -0.318. The van der Waals surface area contributed by atoms with Crippen LogP contribution in [0.2, 0.25) is 15.1 Å². The highest BCUT2D eigenvalue weighted by molar-refractivity contribution is 6.43. The van der Waals surface area contributed by atoms with Crippen molar-refractivity contribution in [3.05, 3.63) is 27.2 Å². The van der Waals surface area contributed by atoms with Crippen molar-refractivity contribution < 1.29 is 9.53 Å². The smallest absolute Gasteiger partial charge is 0.277 e. The molecule has 0 aromatic heterocycles. The van der Waals surface area contributed by atoms with Crippen molar-refractivity contribution in [1.82, 2.24) is 5.43 Å². The first-order chi connectivity index (χ1) is 12.8. The van der Waals surface area contributed by atoms with Gasteiger partial charge in [0.1, 0.15) is 5.75 Å². The Balaban J connectivity index is 1.35. The van der Waals surface area contributed by atoms with E-state index >= 15 is 0 Å². The van der Waals surface area contributed by atoms with Crippen molar-refractivity contribution >= 4 is 46.4 Å². The highest BCUT2D eigenvalue weighted by Crippen LogP contribution is 2.60. The van der Waals surface area contributed by atoms with Gasteiger partial charge in [-0.3, -0.25) is 4.79 Å². The number of carbonyl (C=O) groups is 1. The van der Waals surface area contributed by atoms with E-state index in [2.05, 4.69) is 17.5 Å². The first-order valence-electron chi connectivity index (χ1n) is 9.45. The Morgan fingerprint density at radius 2 is 1.63 bits per heavy atom. The summed E-state index contributed by atoms with van der Waals surface area (Å²) >= 11 is 17.9. The molecule has 0 saturated heterocycles. The molecule has 4 fully saturated rings. The number of amides is 1. The topological polar surface area (TPSA) is 50.7 Å². The molecule has 0 unspecified atom stereocenters. The number of rotatable bonds is 5. The van der Waals surface area contributed by atoms with Crippen molar-refractivity contribution in [2.75, 3.05) is 6.61 Å². The molecule has 27 heavy (non-hydrogen) atoms. The lowest BCUT2D eigenvalue weighted by atomic mass is 9.48. The predicted molar refractivity (Wildman–Crippen MR) is 109 cm³/mol. The Morgan fingerprint density at radius 1 is 1.07 bits per heavy atom. The Hall–Kier alpha value is -0.970. The molecule has 0 aliphatic heterocycles. The van der Waals surface area contributed by atoms with Gasteiger partial charge in [0.2, 0.25) is 0 Å². The fourth-order valence-electron chi connectivity index (χ4n) is 5.61. The van der Waals surface area contributed by atoms with E-state index in [0.29, 0.717) is 20.8 Å². The lowest BCUT2D eigenvalue weighted by Gasteiger charge is -2.56. The van der Waals surface area contributed by atoms with Gasteiger partial charge in [-0.1, -0.05) is 34.8 Å². The summed E-state index contributed by atoms with van der Waals surface area (Å²) in [6.07, 6.45) is 7.82. The summed E-state index contributed by atoms with van der Waals surface area (Å²) < 4.78 is 5.46. The van der Waals surface area contributed by atoms with Crippen LogP contribution in [0.15, 0.2) is 17.2 Å². The maximum absolute atomic E-state index is 12.2. The zero-order valence-corrected chi connectivity index (χ0v) is 17.5. The molecule has 4 bridgehead atoms. The van der Waals surface area contributed by atoms with Gasteiger partial charge in [0.05, 0.1) is 15.1 Å². The molecule has 1 N–H and O–H groups in total. The lowest BCUT2D eigenvalue weighted by molar-refractivity contribution is -0.123. The van der Waals surface area contributed by atoms with Crippen molar-refractivity contribution in [2.24, 2.45) is 28.3 Å². The van der Waals surface area contributed by atoms with Gasteiger partial charge in [-0.05, 0) is 69.3 Å². The molecule has 4 saturated carbocycles. The number of hydrogen-bond donors (Lipinski definition) is 1. The number of hydrogen-bond acceptors (Lipinski definition) is 3. The van der Waals surface area contributed by atoms with Crippen LogP contribution in [0.3, 0.4) is 0 Å². The van der Waals surface area contributed by atoms with Crippen molar-refractivity contribution in [3.63, 3.8) is 0 Å². The average molecular weight is 430 g/mol. The van der Waals surface area contributed by atoms with Crippen LogP contribution in [0.4, 0.5) is 0 Å². The van der Waals surface area contributed by atoms with Crippen LogP contribution in [0.25, 0.3) is 0 Å². The van der Waals surface area contributed by atoms with Crippen molar-refractivity contribution in [2.45, 2.75) is 45.4 Å². The fourth-order valence-corrected chi connectivity index (χ4v) is 6.20. The first-order valence-corrected chi connectivity index (χ1v) is 10.6. The third-order valence-corrected chi connectivity index (χ3v) is 7.51. The summed E-state index contributed by atoms with van der Waals surface area (Å²) in [6, 6.07) is 3.00. The van der Waals surface area contributed by atoms with Crippen LogP contribution in [0.5, 0.6) is 5.75 Å². The van der Waals surface area contributed by atoms with E-state index in [1.54, 1.807) is 0 Å². The summed E-state index contributed by atoms with van der Waals surface area (Å²) in [5.41, 5.74) is 3.89. The molecule has 146 valence electrons. The Bertz CT molecular complexity index is 758. The van der Waals surface area contributed by atoms with Crippen molar-refractivity contribution in [3.8, 4) is 5.75 Å². The molecular weight excluding hydrogens is 407 g/mol. The number of hydrazone groups is 1. The van der Waals surface area contributed by atoms with Gasteiger partial charge in [-0.25, -0.2) is 5.43 Å². The Kier molecular flexibility index (Phi) is 5.34. The van der Waals surface area contributed by atoms with Crippen LogP contribution in [-0.2, 0) is 4.79 Å². The number of benzene rings is 1. The van der Waals surface area contributed by atoms with E-state index in [1.165, 1.54) is 50.7 Å². The summed E-state index contributed by atoms with van der Waals surface area (Å²) in [6.45, 7) is 1.87. The average Bonchev–Trinajstić information content (AvgIpc) is 2.60.